The van der Waals surface area contributed by atoms with Gasteiger partial charge in [-0.1, -0.05) is 29.9 Å². The SMILES string of the molecule is CCOC(C)(C)C(O)CCC(C)=CCc1c(O)ccc(C(=O)C=Cc2ccc(O)cc2)c1O. The van der Waals surface area contributed by atoms with Gasteiger partial charge in [-0.3, -0.25) is 4.79 Å². The predicted octanol–water partition coefficient (Wildman–Crippen LogP) is 5.14. The van der Waals surface area contributed by atoms with Crippen LogP contribution in [0.3, 0.4) is 0 Å². The number of phenolic OH excluding ortho intramolecular Hbond substituents is 3. The summed E-state index contributed by atoms with van der Waals surface area (Å²) in [5, 5.41) is 40.6. The summed E-state index contributed by atoms with van der Waals surface area (Å²) in [6.07, 6.45) is 5.58. The molecule has 2 aromatic carbocycles. The topological polar surface area (TPSA) is 107 Å². The van der Waals surface area contributed by atoms with Crippen molar-refractivity contribution in [3.8, 4) is 17.2 Å². The molecular weight excluding hydrogens is 420 g/mol. The fourth-order valence-electron chi connectivity index (χ4n) is 3.43. The van der Waals surface area contributed by atoms with E-state index in [1.54, 1.807) is 18.2 Å². The minimum absolute atomic E-state index is 0.0897. The lowest BCUT2D eigenvalue weighted by atomic mass is 9.94. The van der Waals surface area contributed by atoms with Gasteiger partial charge in [0.25, 0.3) is 0 Å². The molecule has 2 rings (SSSR count). The Morgan fingerprint density at radius 3 is 2.39 bits per heavy atom. The number of benzene rings is 2. The Bertz CT molecular complexity index is 1000. The van der Waals surface area contributed by atoms with Gasteiger partial charge in [0.1, 0.15) is 17.2 Å². The standard InChI is InChI=1S/C27H34O6/c1-5-33-27(3,4)25(31)17-7-18(2)6-13-21-24(30)16-14-22(26(21)32)23(29)15-10-19-8-11-20(28)12-9-19/h6,8-12,14-16,25,28,30-32H,5,7,13,17H2,1-4H3. The Labute approximate surface area is 195 Å². The lowest BCUT2D eigenvalue weighted by molar-refractivity contribution is -0.0983. The number of ether oxygens (including phenoxy) is 1. The number of aromatic hydroxyl groups is 3. The van der Waals surface area contributed by atoms with Gasteiger partial charge in [0.05, 0.1) is 17.3 Å². The fraction of sp³-hybridized carbons (Fsp3) is 0.370. The Kier molecular flexibility index (Phi) is 9.26. The predicted molar refractivity (Wildman–Crippen MR) is 130 cm³/mol. The molecule has 0 aliphatic carbocycles. The highest BCUT2D eigenvalue weighted by atomic mass is 16.5. The van der Waals surface area contributed by atoms with Gasteiger partial charge in [-0.05, 0) is 82.9 Å². The van der Waals surface area contributed by atoms with Crippen LogP contribution in [0.1, 0.15) is 62.0 Å². The van der Waals surface area contributed by atoms with E-state index >= 15 is 0 Å². The number of carbonyl (C=O) groups is 1. The number of aliphatic hydroxyl groups is 1. The maximum absolute atomic E-state index is 12.6. The summed E-state index contributed by atoms with van der Waals surface area (Å²) < 4.78 is 5.59. The van der Waals surface area contributed by atoms with E-state index in [1.807, 2.05) is 33.8 Å². The van der Waals surface area contributed by atoms with E-state index in [9.17, 15) is 25.2 Å². The second-order valence-electron chi connectivity index (χ2n) is 8.59. The van der Waals surface area contributed by atoms with Crippen LogP contribution in [0, 0.1) is 0 Å². The minimum atomic E-state index is -0.631. The first-order valence-corrected chi connectivity index (χ1v) is 11.1. The Morgan fingerprint density at radius 2 is 1.76 bits per heavy atom. The van der Waals surface area contributed by atoms with Gasteiger partial charge in [0, 0.05) is 12.2 Å². The first kappa shape index (κ1) is 26.2. The van der Waals surface area contributed by atoms with Crippen LogP contribution in [-0.2, 0) is 11.2 Å². The smallest absolute Gasteiger partial charge is 0.189 e. The van der Waals surface area contributed by atoms with Crippen LogP contribution in [0.2, 0.25) is 0 Å². The fourth-order valence-corrected chi connectivity index (χ4v) is 3.43. The molecule has 1 atom stereocenters. The van der Waals surface area contributed by atoms with Crippen LogP contribution < -0.4 is 0 Å². The van der Waals surface area contributed by atoms with Gasteiger partial charge >= 0.3 is 0 Å². The zero-order valence-corrected chi connectivity index (χ0v) is 19.7. The van der Waals surface area contributed by atoms with Crippen molar-refractivity contribution in [3.63, 3.8) is 0 Å². The van der Waals surface area contributed by atoms with E-state index in [1.165, 1.54) is 30.3 Å². The molecule has 0 saturated heterocycles. The highest BCUT2D eigenvalue weighted by Crippen LogP contribution is 2.32. The largest absolute Gasteiger partial charge is 0.508 e. The third kappa shape index (κ3) is 7.48. The highest BCUT2D eigenvalue weighted by Gasteiger charge is 2.27. The van der Waals surface area contributed by atoms with Gasteiger partial charge in [0.15, 0.2) is 5.78 Å². The highest BCUT2D eigenvalue weighted by molar-refractivity contribution is 6.09. The third-order valence-corrected chi connectivity index (χ3v) is 5.63. The van der Waals surface area contributed by atoms with E-state index in [0.717, 1.165) is 11.1 Å². The molecule has 0 bridgehead atoms. The average molecular weight is 455 g/mol. The van der Waals surface area contributed by atoms with Crippen LogP contribution in [0.4, 0.5) is 0 Å². The van der Waals surface area contributed by atoms with Crippen molar-refractivity contribution in [2.24, 2.45) is 0 Å². The summed E-state index contributed by atoms with van der Waals surface area (Å²) in [4.78, 5) is 12.6. The van der Waals surface area contributed by atoms with E-state index < -0.39 is 17.5 Å². The number of ketones is 1. The van der Waals surface area contributed by atoms with Gasteiger partial charge in [-0.15, -0.1) is 0 Å². The first-order chi connectivity index (χ1) is 15.5. The van der Waals surface area contributed by atoms with Crippen molar-refractivity contribution < 1.29 is 30.0 Å². The number of hydrogen-bond acceptors (Lipinski definition) is 6. The molecular formula is C27H34O6. The van der Waals surface area contributed by atoms with Crippen LogP contribution in [0.5, 0.6) is 17.2 Å². The molecule has 0 aliphatic heterocycles. The van der Waals surface area contributed by atoms with Crippen LogP contribution in [0.25, 0.3) is 6.08 Å². The maximum Gasteiger partial charge on any atom is 0.189 e. The monoisotopic (exact) mass is 454 g/mol. The molecule has 6 nitrogen and oxygen atoms in total. The Morgan fingerprint density at radius 1 is 1.09 bits per heavy atom. The van der Waals surface area contributed by atoms with Crippen LogP contribution >= 0.6 is 0 Å². The van der Waals surface area contributed by atoms with Gasteiger partial charge < -0.3 is 25.2 Å². The molecule has 0 aromatic heterocycles. The van der Waals surface area contributed by atoms with Crippen molar-refractivity contribution in [1.82, 2.24) is 0 Å². The number of rotatable bonds is 11. The molecule has 0 fully saturated rings. The van der Waals surface area contributed by atoms with Crippen molar-refractivity contribution in [1.29, 1.82) is 0 Å². The summed E-state index contributed by atoms with van der Waals surface area (Å²) >= 11 is 0. The van der Waals surface area contributed by atoms with Crippen LogP contribution in [0.15, 0.2) is 54.1 Å². The quantitative estimate of drug-likeness (QED) is 0.213. The summed E-state index contributed by atoms with van der Waals surface area (Å²) in [6.45, 7) is 8.05. The second kappa shape index (κ2) is 11.7. The first-order valence-electron chi connectivity index (χ1n) is 11.1. The molecule has 0 saturated carbocycles. The molecule has 0 radical (unpaired) electrons. The molecule has 4 N–H and O–H groups in total. The zero-order valence-electron chi connectivity index (χ0n) is 19.7. The summed E-state index contributed by atoms with van der Waals surface area (Å²) in [5.74, 6) is -0.607. The number of allylic oxidation sites excluding steroid dienone is 3. The Hall–Kier alpha value is -3.09. The molecule has 0 spiro atoms. The van der Waals surface area contributed by atoms with E-state index in [2.05, 4.69) is 0 Å². The Balaban J connectivity index is 2.09. The van der Waals surface area contributed by atoms with Crippen molar-refractivity contribution >= 4 is 11.9 Å². The van der Waals surface area contributed by atoms with E-state index in [0.29, 0.717) is 19.4 Å². The van der Waals surface area contributed by atoms with Gasteiger partial charge in [-0.25, -0.2) is 0 Å². The van der Waals surface area contributed by atoms with Crippen LogP contribution in [-0.4, -0.2) is 44.5 Å². The number of aliphatic hydroxyl groups excluding tert-OH is 1. The second-order valence-corrected chi connectivity index (χ2v) is 8.59. The lowest BCUT2D eigenvalue weighted by Gasteiger charge is -2.30. The lowest BCUT2D eigenvalue weighted by Crippen LogP contribution is -2.39. The summed E-state index contributed by atoms with van der Waals surface area (Å²) in [5.41, 5.74) is 1.46. The molecule has 0 amide bonds. The van der Waals surface area contributed by atoms with Crippen molar-refractivity contribution in [3.05, 3.63) is 70.8 Å². The summed E-state index contributed by atoms with van der Waals surface area (Å²) in [7, 11) is 0. The van der Waals surface area contributed by atoms with Gasteiger partial charge in [-0.2, -0.15) is 0 Å². The number of carbonyl (C=O) groups excluding carboxylic acids is 1. The number of phenols is 3. The molecule has 1 unspecified atom stereocenters. The van der Waals surface area contributed by atoms with E-state index in [-0.39, 0.29) is 34.8 Å². The van der Waals surface area contributed by atoms with Crippen molar-refractivity contribution in [2.45, 2.75) is 58.7 Å². The minimum Gasteiger partial charge on any atom is -0.508 e. The zero-order chi connectivity index (χ0) is 24.6. The maximum atomic E-state index is 12.6. The molecule has 6 heteroatoms. The molecule has 178 valence electrons. The van der Waals surface area contributed by atoms with E-state index in [4.69, 9.17) is 4.74 Å². The normalized spacial score (nSPS) is 13.4. The molecule has 33 heavy (non-hydrogen) atoms. The molecule has 2 aromatic rings. The number of hydrogen-bond donors (Lipinski definition) is 4. The van der Waals surface area contributed by atoms with Crippen molar-refractivity contribution in [2.75, 3.05) is 6.61 Å². The van der Waals surface area contributed by atoms with Gasteiger partial charge in [0.2, 0.25) is 0 Å². The summed E-state index contributed by atoms with van der Waals surface area (Å²) in [6, 6.07) is 9.16. The third-order valence-electron chi connectivity index (χ3n) is 5.63. The molecule has 0 heterocycles. The average Bonchev–Trinajstić information content (AvgIpc) is 2.76. The molecule has 0 aliphatic rings.